The van der Waals surface area contributed by atoms with Gasteiger partial charge in [-0.25, -0.2) is 0 Å². The average Bonchev–Trinajstić information content (AvgIpc) is 2.37. The number of hydrogen-bond donors (Lipinski definition) is 2. The first-order valence-corrected chi connectivity index (χ1v) is 8.11. The molecule has 4 nitrogen and oxygen atoms in total. The van der Waals surface area contributed by atoms with Gasteiger partial charge in [-0.1, -0.05) is 29.8 Å². The first-order valence-electron chi connectivity index (χ1n) is 7.32. The van der Waals surface area contributed by atoms with Crippen molar-refractivity contribution in [3.8, 4) is 5.75 Å². The Hall–Kier alpha value is -1.07. The number of rotatable bonds is 8. The number of benzene rings is 1. The second kappa shape index (κ2) is 9.05. The van der Waals surface area contributed by atoms with Crippen LogP contribution in [0.25, 0.3) is 0 Å². The summed E-state index contributed by atoms with van der Waals surface area (Å²) in [5, 5.41) is 6.23. The Bertz CT molecular complexity index is 462. The van der Waals surface area contributed by atoms with Gasteiger partial charge in [0.25, 0.3) is 0 Å². The standard InChI is InChI=1S/C16H25BrN2O2/c1-11(2)18-10-13-9-14(17)5-6-15(13)21-8-7-16(20)19-12(3)4/h5-6,9,11-12,18H,7-8,10H2,1-4H3,(H,19,20). The molecule has 0 atom stereocenters. The Balaban J connectivity index is 2.55. The van der Waals surface area contributed by atoms with Crippen LogP contribution in [0.2, 0.25) is 0 Å². The van der Waals surface area contributed by atoms with Crippen LogP contribution >= 0.6 is 15.9 Å². The molecule has 0 fully saturated rings. The van der Waals surface area contributed by atoms with Crippen molar-refractivity contribution in [1.82, 2.24) is 10.6 Å². The monoisotopic (exact) mass is 356 g/mol. The first kappa shape index (κ1) is 18.0. The number of amides is 1. The van der Waals surface area contributed by atoms with Crippen LogP contribution in [0.1, 0.15) is 39.7 Å². The van der Waals surface area contributed by atoms with Crippen LogP contribution in [0.15, 0.2) is 22.7 Å². The number of nitrogens with one attached hydrogen (secondary N) is 2. The number of hydrogen-bond acceptors (Lipinski definition) is 3. The molecule has 0 heterocycles. The Kier molecular flexibility index (Phi) is 7.75. The summed E-state index contributed by atoms with van der Waals surface area (Å²) in [6, 6.07) is 6.49. The number of ether oxygens (including phenoxy) is 1. The molecule has 2 N–H and O–H groups in total. The van der Waals surface area contributed by atoms with Gasteiger partial charge >= 0.3 is 0 Å². The van der Waals surface area contributed by atoms with Crippen LogP contribution in [0, 0.1) is 0 Å². The molecular weight excluding hydrogens is 332 g/mol. The topological polar surface area (TPSA) is 50.4 Å². The van der Waals surface area contributed by atoms with E-state index < -0.39 is 0 Å². The maximum Gasteiger partial charge on any atom is 0.223 e. The van der Waals surface area contributed by atoms with Gasteiger partial charge in [0.1, 0.15) is 5.75 Å². The van der Waals surface area contributed by atoms with Crippen LogP contribution in [0.3, 0.4) is 0 Å². The molecule has 0 spiro atoms. The molecule has 1 aromatic carbocycles. The molecule has 0 saturated heterocycles. The minimum absolute atomic E-state index is 0.0176. The Morgan fingerprint density at radius 1 is 1.24 bits per heavy atom. The highest BCUT2D eigenvalue weighted by molar-refractivity contribution is 9.10. The third-order valence-corrected chi connectivity index (χ3v) is 3.25. The van der Waals surface area contributed by atoms with Crippen LogP contribution < -0.4 is 15.4 Å². The summed E-state index contributed by atoms with van der Waals surface area (Å²) < 4.78 is 6.78. The van der Waals surface area contributed by atoms with E-state index in [1.165, 1.54) is 0 Å². The van der Waals surface area contributed by atoms with Gasteiger partial charge in [-0.3, -0.25) is 4.79 Å². The van der Waals surface area contributed by atoms with E-state index in [0.29, 0.717) is 19.1 Å². The lowest BCUT2D eigenvalue weighted by atomic mass is 10.2. The predicted octanol–water partition coefficient (Wildman–Crippen LogP) is 3.24. The Morgan fingerprint density at radius 2 is 1.95 bits per heavy atom. The zero-order valence-electron chi connectivity index (χ0n) is 13.2. The Morgan fingerprint density at radius 3 is 2.57 bits per heavy atom. The van der Waals surface area contributed by atoms with Crippen molar-refractivity contribution < 1.29 is 9.53 Å². The molecule has 118 valence electrons. The van der Waals surface area contributed by atoms with E-state index in [-0.39, 0.29) is 11.9 Å². The largest absolute Gasteiger partial charge is 0.493 e. The van der Waals surface area contributed by atoms with E-state index >= 15 is 0 Å². The van der Waals surface area contributed by atoms with Gasteiger partial charge in [0.15, 0.2) is 0 Å². The minimum Gasteiger partial charge on any atom is -0.493 e. The molecule has 0 unspecified atom stereocenters. The predicted molar refractivity (Wildman–Crippen MR) is 89.5 cm³/mol. The summed E-state index contributed by atoms with van der Waals surface area (Å²) in [4.78, 5) is 11.6. The van der Waals surface area contributed by atoms with Crippen LogP contribution in [0.4, 0.5) is 0 Å². The van der Waals surface area contributed by atoms with Crippen molar-refractivity contribution in [2.45, 2.75) is 52.7 Å². The van der Waals surface area contributed by atoms with Crippen LogP contribution in [-0.4, -0.2) is 24.6 Å². The van der Waals surface area contributed by atoms with Gasteiger partial charge in [0.05, 0.1) is 13.0 Å². The summed E-state index contributed by atoms with van der Waals surface area (Å²) in [6.07, 6.45) is 0.366. The van der Waals surface area contributed by atoms with Crippen molar-refractivity contribution in [1.29, 1.82) is 0 Å². The normalized spacial score (nSPS) is 11.0. The van der Waals surface area contributed by atoms with Gasteiger partial charge in [-0.05, 0) is 32.0 Å². The van der Waals surface area contributed by atoms with Crippen molar-refractivity contribution in [3.05, 3.63) is 28.2 Å². The molecule has 0 bridgehead atoms. The van der Waals surface area contributed by atoms with Gasteiger partial charge in [-0.2, -0.15) is 0 Å². The van der Waals surface area contributed by atoms with Crippen LogP contribution in [0.5, 0.6) is 5.75 Å². The number of halogens is 1. The highest BCUT2D eigenvalue weighted by atomic mass is 79.9. The fraction of sp³-hybridized carbons (Fsp3) is 0.562. The quantitative estimate of drug-likeness (QED) is 0.751. The SMILES string of the molecule is CC(C)NCc1cc(Br)ccc1OCCC(=O)NC(C)C. The third-order valence-electron chi connectivity index (χ3n) is 2.76. The Labute approximate surface area is 135 Å². The molecule has 1 rings (SSSR count). The number of carbonyl (C=O) groups is 1. The fourth-order valence-electron chi connectivity index (χ4n) is 1.79. The molecule has 0 aliphatic carbocycles. The van der Waals surface area contributed by atoms with E-state index in [1.54, 1.807) is 0 Å². The highest BCUT2D eigenvalue weighted by Crippen LogP contribution is 2.23. The maximum absolute atomic E-state index is 11.6. The lowest BCUT2D eigenvalue weighted by Crippen LogP contribution is -2.31. The molecule has 1 amide bonds. The van der Waals surface area contributed by atoms with Crippen molar-refractivity contribution in [2.24, 2.45) is 0 Å². The average molecular weight is 357 g/mol. The minimum atomic E-state index is 0.0176. The third kappa shape index (κ3) is 7.48. The fourth-order valence-corrected chi connectivity index (χ4v) is 2.20. The molecular formula is C16H25BrN2O2. The summed E-state index contributed by atoms with van der Waals surface area (Å²) in [6.45, 7) is 9.23. The summed E-state index contributed by atoms with van der Waals surface area (Å²) in [5.74, 6) is 0.840. The van der Waals surface area contributed by atoms with Crippen molar-refractivity contribution in [3.63, 3.8) is 0 Å². The summed E-state index contributed by atoms with van der Waals surface area (Å²) >= 11 is 3.47. The van der Waals surface area contributed by atoms with Gasteiger partial charge in [0, 0.05) is 28.7 Å². The van der Waals surface area contributed by atoms with Crippen molar-refractivity contribution in [2.75, 3.05) is 6.61 Å². The van der Waals surface area contributed by atoms with E-state index in [9.17, 15) is 4.79 Å². The summed E-state index contributed by atoms with van der Waals surface area (Å²) in [7, 11) is 0. The first-order chi connectivity index (χ1) is 9.88. The highest BCUT2D eigenvalue weighted by Gasteiger charge is 2.08. The molecule has 0 radical (unpaired) electrons. The maximum atomic E-state index is 11.6. The van der Waals surface area contributed by atoms with Gasteiger partial charge < -0.3 is 15.4 Å². The lowest BCUT2D eigenvalue weighted by Gasteiger charge is -2.14. The lowest BCUT2D eigenvalue weighted by molar-refractivity contribution is -0.122. The van der Waals surface area contributed by atoms with Gasteiger partial charge in [-0.15, -0.1) is 0 Å². The van der Waals surface area contributed by atoms with Gasteiger partial charge in [0.2, 0.25) is 5.91 Å². The van der Waals surface area contributed by atoms with E-state index in [2.05, 4.69) is 40.4 Å². The zero-order valence-corrected chi connectivity index (χ0v) is 14.8. The zero-order chi connectivity index (χ0) is 15.8. The molecule has 0 aliphatic heterocycles. The van der Waals surface area contributed by atoms with E-state index in [0.717, 1.165) is 22.3 Å². The molecule has 0 saturated carbocycles. The summed E-state index contributed by atoms with van der Waals surface area (Å²) in [5.41, 5.74) is 1.09. The van der Waals surface area contributed by atoms with E-state index in [1.807, 2.05) is 32.0 Å². The van der Waals surface area contributed by atoms with Crippen LogP contribution in [-0.2, 0) is 11.3 Å². The molecule has 5 heteroatoms. The molecule has 21 heavy (non-hydrogen) atoms. The molecule has 0 aliphatic rings. The van der Waals surface area contributed by atoms with Crippen molar-refractivity contribution >= 4 is 21.8 Å². The number of carbonyl (C=O) groups excluding carboxylic acids is 1. The molecule has 0 aromatic heterocycles. The van der Waals surface area contributed by atoms with E-state index in [4.69, 9.17) is 4.74 Å². The molecule has 1 aromatic rings. The second-order valence-electron chi connectivity index (χ2n) is 5.61. The smallest absolute Gasteiger partial charge is 0.223 e. The second-order valence-corrected chi connectivity index (χ2v) is 6.52.